The number of nitrogens with zero attached hydrogens (tertiary/aromatic N) is 2. The summed E-state index contributed by atoms with van der Waals surface area (Å²) in [6, 6.07) is 10.3. The minimum atomic E-state index is -0.683. The van der Waals surface area contributed by atoms with E-state index in [1.165, 1.54) is 41.3 Å². The summed E-state index contributed by atoms with van der Waals surface area (Å²) >= 11 is 0. The summed E-state index contributed by atoms with van der Waals surface area (Å²) in [6.45, 7) is 1.91. The van der Waals surface area contributed by atoms with E-state index in [-0.39, 0.29) is 17.9 Å². The molecule has 3 rings (SSSR count). The molecule has 2 aromatic carbocycles. The standard InChI is InChI=1S/C21H21N3O7/c1-2-30-21(27)22-16-7-5-14(6-8-16)20(26)31-13-19(25)23-11-3-4-15-12-17(24(28)29)9-10-18(15)23/h5-10,12H,2-4,11,13H2,1H3,(H,22,27). The van der Waals surface area contributed by atoms with Crippen molar-refractivity contribution in [1.82, 2.24) is 0 Å². The van der Waals surface area contributed by atoms with Crippen LogP contribution in [0.15, 0.2) is 42.5 Å². The number of nitro groups is 1. The Morgan fingerprint density at radius 1 is 1.13 bits per heavy atom. The average Bonchev–Trinajstić information content (AvgIpc) is 2.77. The highest BCUT2D eigenvalue weighted by Gasteiger charge is 2.25. The highest BCUT2D eigenvalue weighted by Crippen LogP contribution is 2.30. The number of hydrogen-bond donors (Lipinski definition) is 1. The first kappa shape index (κ1) is 21.8. The molecule has 1 N–H and O–H groups in total. The second kappa shape index (κ2) is 9.70. The van der Waals surface area contributed by atoms with Gasteiger partial charge in [0.1, 0.15) is 0 Å². The Labute approximate surface area is 177 Å². The summed E-state index contributed by atoms with van der Waals surface area (Å²) in [6.07, 6.45) is 0.686. The Kier molecular flexibility index (Phi) is 6.81. The van der Waals surface area contributed by atoms with Gasteiger partial charge in [0.25, 0.3) is 11.6 Å². The van der Waals surface area contributed by atoms with Gasteiger partial charge >= 0.3 is 12.1 Å². The number of hydrogen-bond acceptors (Lipinski definition) is 7. The van der Waals surface area contributed by atoms with Gasteiger partial charge in [0.05, 0.1) is 17.1 Å². The Bertz CT molecular complexity index is 1000. The molecule has 0 saturated carbocycles. The number of aryl methyl sites for hydroxylation is 1. The van der Waals surface area contributed by atoms with E-state index in [9.17, 15) is 24.5 Å². The first-order valence-corrected chi connectivity index (χ1v) is 9.67. The minimum absolute atomic E-state index is 0.0274. The molecule has 2 aromatic rings. The molecule has 0 radical (unpaired) electrons. The first-order chi connectivity index (χ1) is 14.9. The molecule has 0 aliphatic carbocycles. The zero-order valence-corrected chi connectivity index (χ0v) is 16.8. The van der Waals surface area contributed by atoms with Crippen LogP contribution in [0, 0.1) is 10.1 Å². The third kappa shape index (κ3) is 5.35. The topological polar surface area (TPSA) is 128 Å². The fourth-order valence-electron chi connectivity index (χ4n) is 3.22. The van der Waals surface area contributed by atoms with Crippen molar-refractivity contribution in [1.29, 1.82) is 0 Å². The number of rotatable bonds is 6. The molecule has 162 valence electrons. The van der Waals surface area contributed by atoms with Crippen LogP contribution in [0.2, 0.25) is 0 Å². The van der Waals surface area contributed by atoms with Crippen molar-refractivity contribution in [2.45, 2.75) is 19.8 Å². The molecule has 1 aliphatic heterocycles. The lowest BCUT2D eigenvalue weighted by molar-refractivity contribution is -0.384. The van der Waals surface area contributed by atoms with Crippen LogP contribution in [-0.2, 0) is 20.7 Å². The number of fused-ring (bicyclic) bond motifs is 1. The van der Waals surface area contributed by atoms with E-state index in [2.05, 4.69) is 5.32 Å². The summed E-state index contributed by atoms with van der Waals surface area (Å²) in [7, 11) is 0. The van der Waals surface area contributed by atoms with Gasteiger partial charge in [0, 0.05) is 30.1 Å². The van der Waals surface area contributed by atoms with Crippen LogP contribution in [-0.4, -0.2) is 42.7 Å². The third-order valence-corrected chi connectivity index (χ3v) is 4.66. The van der Waals surface area contributed by atoms with Crippen molar-refractivity contribution in [3.8, 4) is 0 Å². The zero-order valence-electron chi connectivity index (χ0n) is 16.8. The van der Waals surface area contributed by atoms with Crippen molar-refractivity contribution in [3.05, 3.63) is 63.7 Å². The van der Waals surface area contributed by atoms with Gasteiger partial charge in [-0.1, -0.05) is 0 Å². The van der Waals surface area contributed by atoms with Crippen molar-refractivity contribution in [2.24, 2.45) is 0 Å². The molecule has 0 spiro atoms. The molecule has 0 unspecified atom stereocenters. The Balaban J connectivity index is 1.59. The van der Waals surface area contributed by atoms with Crippen LogP contribution in [0.3, 0.4) is 0 Å². The molecule has 0 fully saturated rings. The maximum absolute atomic E-state index is 12.6. The van der Waals surface area contributed by atoms with Gasteiger partial charge in [-0.3, -0.25) is 20.2 Å². The number of ether oxygens (including phenoxy) is 2. The van der Waals surface area contributed by atoms with Crippen LogP contribution < -0.4 is 10.2 Å². The highest BCUT2D eigenvalue weighted by atomic mass is 16.6. The van der Waals surface area contributed by atoms with Gasteiger partial charge in [-0.25, -0.2) is 9.59 Å². The summed E-state index contributed by atoms with van der Waals surface area (Å²) in [5, 5.41) is 13.5. The molecule has 0 atom stereocenters. The molecule has 31 heavy (non-hydrogen) atoms. The van der Waals surface area contributed by atoms with E-state index >= 15 is 0 Å². The zero-order chi connectivity index (χ0) is 22.4. The molecule has 1 aliphatic rings. The SMILES string of the molecule is CCOC(=O)Nc1ccc(C(=O)OCC(=O)N2CCCc3cc([N+](=O)[O-])ccc32)cc1. The molecule has 2 amide bonds. The van der Waals surface area contributed by atoms with E-state index in [4.69, 9.17) is 9.47 Å². The predicted octanol–water partition coefficient (Wildman–Crippen LogP) is 3.30. The normalized spacial score (nSPS) is 12.5. The number of nitro benzene ring substituents is 1. The van der Waals surface area contributed by atoms with Gasteiger partial charge in [-0.15, -0.1) is 0 Å². The predicted molar refractivity (Wildman–Crippen MR) is 111 cm³/mol. The largest absolute Gasteiger partial charge is 0.452 e. The fraction of sp³-hybridized carbons (Fsp3) is 0.286. The fourth-order valence-corrected chi connectivity index (χ4v) is 3.22. The number of benzene rings is 2. The molecule has 10 heteroatoms. The second-order valence-corrected chi connectivity index (χ2v) is 6.72. The molecule has 10 nitrogen and oxygen atoms in total. The van der Waals surface area contributed by atoms with Gasteiger partial charge in [-0.2, -0.15) is 0 Å². The second-order valence-electron chi connectivity index (χ2n) is 6.72. The number of esters is 1. The van der Waals surface area contributed by atoms with Crippen LogP contribution in [0.25, 0.3) is 0 Å². The first-order valence-electron chi connectivity index (χ1n) is 9.67. The maximum atomic E-state index is 12.6. The van der Waals surface area contributed by atoms with Crippen LogP contribution in [0.5, 0.6) is 0 Å². The van der Waals surface area contributed by atoms with Crippen LogP contribution in [0.1, 0.15) is 29.3 Å². The number of carbonyl (C=O) groups is 3. The summed E-state index contributed by atoms with van der Waals surface area (Å²) < 4.78 is 9.90. The van der Waals surface area contributed by atoms with E-state index < -0.39 is 29.5 Å². The van der Waals surface area contributed by atoms with E-state index in [0.29, 0.717) is 36.3 Å². The molecule has 1 heterocycles. The van der Waals surface area contributed by atoms with Crippen molar-refractivity contribution in [2.75, 3.05) is 30.0 Å². The Hall–Kier alpha value is -3.95. The lowest BCUT2D eigenvalue weighted by Crippen LogP contribution is -2.38. The van der Waals surface area contributed by atoms with E-state index in [1.807, 2.05) is 0 Å². The van der Waals surface area contributed by atoms with Crippen molar-refractivity contribution >= 4 is 35.0 Å². The maximum Gasteiger partial charge on any atom is 0.411 e. The minimum Gasteiger partial charge on any atom is -0.452 e. The molecule has 0 bridgehead atoms. The number of nitrogens with one attached hydrogen (secondary N) is 1. The number of amides is 2. The van der Waals surface area contributed by atoms with Gasteiger partial charge in [0.15, 0.2) is 6.61 Å². The molecule has 0 aromatic heterocycles. The van der Waals surface area contributed by atoms with Gasteiger partial charge in [-0.05, 0) is 55.7 Å². The molecular formula is C21H21N3O7. The lowest BCUT2D eigenvalue weighted by atomic mass is 10.0. The number of non-ortho nitro benzene ring substituents is 1. The Morgan fingerprint density at radius 3 is 2.55 bits per heavy atom. The number of carbonyl (C=O) groups excluding carboxylic acids is 3. The van der Waals surface area contributed by atoms with Crippen LogP contribution in [0.4, 0.5) is 21.9 Å². The van der Waals surface area contributed by atoms with Crippen LogP contribution >= 0.6 is 0 Å². The third-order valence-electron chi connectivity index (χ3n) is 4.66. The monoisotopic (exact) mass is 427 g/mol. The quantitative estimate of drug-likeness (QED) is 0.425. The van der Waals surface area contributed by atoms with Gasteiger partial charge < -0.3 is 14.4 Å². The van der Waals surface area contributed by atoms with Crippen molar-refractivity contribution < 1.29 is 28.8 Å². The summed E-state index contributed by atoms with van der Waals surface area (Å²) in [5.41, 5.74) is 1.94. The molecule has 0 saturated heterocycles. The summed E-state index contributed by atoms with van der Waals surface area (Å²) in [4.78, 5) is 48.2. The number of anilines is 2. The average molecular weight is 427 g/mol. The highest BCUT2D eigenvalue weighted by molar-refractivity contribution is 5.98. The lowest BCUT2D eigenvalue weighted by Gasteiger charge is -2.29. The summed E-state index contributed by atoms with van der Waals surface area (Å²) in [5.74, 6) is -1.10. The Morgan fingerprint density at radius 2 is 1.87 bits per heavy atom. The van der Waals surface area contributed by atoms with E-state index in [1.54, 1.807) is 13.0 Å². The molecular weight excluding hydrogens is 406 g/mol. The van der Waals surface area contributed by atoms with Gasteiger partial charge in [0.2, 0.25) is 0 Å². The van der Waals surface area contributed by atoms with Crippen molar-refractivity contribution in [3.63, 3.8) is 0 Å². The van der Waals surface area contributed by atoms with E-state index in [0.717, 1.165) is 0 Å². The smallest absolute Gasteiger partial charge is 0.411 e.